The summed E-state index contributed by atoms with van der Waals surface area (Å²) in [5.41, 5.74) is 9.88. The van der Waals surface area contributed by atoms with Crippen molar-refractivity contribution in [1.82, 2.24) is 9.13 Å². The summed E-state index contributed by atoms with van der Waals surface area (Å²) in [5, 5.41) is 23.7. The number of fused-ring (bicyclic) bond motifs is 6. The Morgan fingerprint density at radius 3 is 1.62 bits per heavy atom. The summed E-state index contributed by atoms with van der Waals surface area (Å²) in [6.45, 7) is 0. The van der Waals surface area contributed by atoms with Gasteiger partial charge < -0.3 is 9.13 Å². The second-order valence-corrected chi connectivity index (χ2v) is 10.5. The molecule has 194 valence electrons. The van der Waals surface area contributed by atoms with Crippen LogP contribution in [0.5, 0.6) is 0 Å². The Bertz CT molecular complexity index is 2370. The topological polar surface area (TPSA) is 57.4 Å². The molecule has 0 saturated heterocycles. The van der Waals surface area contributed by atoms with Gasteiger partial charge >= 0.3 is 0 Å². The van der Waals surface area contributed by atoms with Gasteiger partial charge in [-0.05, 0) is 83.9 Å². The fourth-order valence-electron chi connectivity index (χ4n) is 6.27. The lowest BCUT2D eigenvalue weighted by Gasteiger charge is -2.10. The van der Waals surface area contributed by atoms with E-state index in [2.05, 4.69) is 112 Å². The predicted molar refractivity (Wildman–Crippen MR) is 170 cm³/mol. The minimum Gasteiger partial charge on any atom is -0.309 e. The fourth-order valence-corrected chi connectivity index (χ4v) is 6.27. The van der Waals surface area contributed by atoms with Crippen LogP contribution in [-0.2, 0) is 0 Å². The Balaban J connectivity index is 1.29. The third kappa shape index (κ3) is 3.53. The van der Waals surface area contributed by atoms with Gasteiger partial charge in [0.1, 0.15) is 0 Å². The Labute approximate surface area is 242 Å². The van der Waals surface area contributed by atoms with Gasteiger partial charge in [-0.1, -0.05) is 60.7 Å². The van der Waals surface area contributed by atoms with Crippen LogP contribution in [-0.4, -0.2) is 9.13 Å². The van der Waals surface area contributed by atoms with Crippen LogP contribution in [0.25, 0.3) is 66.1 Å². The van der Waals surface area contributed by atoms with Crippen LogP contribution >= 0.6 is 0 Å². The Morgan fingerprint density at radius 1 is 0.381 bits per heavy atom. The number of nitriles is 2. The molecular formula is C38H22N4. The molecule has 0 aliphatic carbocycles. The second-order valence-electron chi connectivity index (χ2n) is 10.5. The van der Waals surface area contributed by atoms with Crippen molar-refractivity contribution in [2.75, 3.05) is 0 Å². The average Bonchev–Trinajstić information content (AvgIpc) is 3.57. The third-order valence-corrected chi connectivity index (χ3v) is 8.17. The first kappa shape index (κ1) is 23.8. The summed E-state index contributed by atoms with van der Waals surface area (Å²) in [4.78, 5) is 0. The average molecular weight is 535 g/mol. The first-order valence-electron chi connectivity index (χ1n) is 13.8. The molecule has 2 heterocycles. The van der Waals surface area contributed by atoms with Crippen molar-refractivity contribution in [3.05, 3.63) is 145 Å². The Hall–Kier alpha value is -6.10. The molecule has 2 aromatic heterocycles. The fraction of sp³-hybridized carbons (Fsp3) is 0. The van der Waals surface area contributed by atoms with Crippen LogP contribution in [0, 0.1) is 22.7 Å². The number of aromatic nitrogens is 2. The number of benzene rings is 6. The summed E-state index contributed by atoms with van der Waals surface area (Å²) >= 11 is 0. The lowest BCUT2D eigenvalue weighted by molar-refractivity contribution is 1.18. The van der Waals surface area contributed by atoms with E-state index in [0.29, 0.717) is 11.1 Å². The summed E-state index contributed by atoms with van der Waals surface area (Å²) in [6, 6.07) is 50.3. The molecule has 0 atom stereocenters. The maximum atomic E-state index is 9.64. The molecule has 0 spiro atoms. The smallest absolute Gasteiger partial charge is 0.0992 e. The molecule has 0 bridgehead atoms. The van der Waals surface area contributed by atoms with Crippen LogP contribution in [0.1, 0.15) is 11.1 Å². The van der Waals surface area contributed by atoms with Crippen LogP contribution in [0.3, 0.4) is 0 Å². The van der Waals surface area contributed by atoms with E-state index >= 15 is 0 Å². The molecule has 0 fully saturated rings. The number of para-hydroxylation sites is 2. The summed E-state index contributed by atoms with van der Waals surface area (Å²) < 4.78 is 4.49. The zero-order valence-corrected chi connectivity index (χ0v) is 22.5. The van der Waals surface area contributed by atoms with E-state index in [1.807, 2.05) is 42.5 Å². The van der Waals surface area contributed by atoms with Gasteiger partial charge in [-0.25, -0.2) is 0 Å². The van der Waals surface area contributed by atoms with E-state index < -0.39 is 0 Å². The highest BCUT2D eigenvalue weighted by atomic mass is 15.0. The van der Waals surface area contributed by atoms with Crippen molar-refractivity contribution in [2.45, 2.75) is 0 Å². The molecule has 0 aliphatic heterocycles. The van der Waals surface area contributed by atoms with Crippen molar-refractivity contribution in [3.8, 4) is 34.6 Å². The van der Waals surface area contributed by atoms with Crippen LogP contribution < -0.4 is 0 Å². The van der Waals surface area contributed by atoms with Crippen molar-refractivity contribution in [3.63, 3.8) is 0 Å². The molecule has 0 unspecified atom stereocenters. The molecule has 0 radical (unpaired) electrons. The van der Waals surface area contributed by atoms with E-state index in [4.69, 9.17) is 0 Å². The van der Waals surface area contributed by atoms with Gasteiger partial charge in [-0.15, -0.1) is 0 Å². The first-order valence-corrected chi connectivity index (χ1v) is 13.8. The van der Waals surface area contributed by atoms with Gasteiger partial charge in [0.25, 0.3) is 0 Å². The number of rotatable bonds is 3. The molecule has 0 N–H and O–H groups in total. The Morgan fingerprint density at radius 2 is 0.929 bits per heavy atom. The molecule has 8 rings (SSSR count). The predicted octanol–water partition coefficient (Wildman–Crippen LogP) is 9.29. The molecular weight excluding hydrogens is 512 g/mol. The summed E-state index contributed by atoms with van der Waals surface area (Å²) in [6.07, 6.45) is 0. The highest BCUT2D eigenvalue weighted by Crippen LogP contribution is 2.37. The quantitative estimate of drug-likeness (QED) is 0.227. The summed E-state index contributed by atoms with van der Waals surface area (Å²) in [5.74, 6) is 0. The van der Waals surface area contributed by atoms with Crippen molar-refractivity contribution < 1.29 is 0 Å². The second kappa shape index (κ2) is 9.24. The highest BCUT2D eigenvalue weighted by Gasteiger charge is 2.15. The lowest BCUT2D eigenvalue weighted by atomic mass is 10.0. The number of hydrogen-bond acceptors (Lipinski definition) is 2. The first-order chi connectivity index (χ1) is 20.7. The maximum Gasteiger partial charge on any atom is 0.0992 e. The molecule has 8 aromatic rings. The normalized spacial score (nSPS) is 11.3. The summed E-state index contributed by atoms with van der Waals surface area (Å²) in [7, 11) is 0. The van der Waals surface area contributed by atoms with E-state index in [1.54, 1.807) is 0 Å². The standard InChI is InChI=1S/C38H22N4/c39-23-25-6-5-7-30(20-25)42-37-18-12-26(24-40)21-33(37)34-22-28(15-19-38(34)42)27-13-16-29(17-14-27)41-35-10-3-1-8-31(35)32-9-2-4-11-36(32)41/h1-22H. The minimum absolute atomic E-state index is 0.608. The van der Waals surface area contributed by atoms with Crippen molar-refractivity contribution >= 4 is 43.6 Å². The largest absolute Gasteiger partial charge is 0.309 e. The molecule has 0 saturated carbocycles. The van der Waals surface area contributed by atoms with E-state index in [9.17, 15) is 10.5 Å². The van der Waals surface area contributed by atoms with E-state index in [1.165, 1.54) is 21.8 Å². The lowest BCUT2D eigenvalue weighted by Crippen LogP contribution is -1.94. The van der Waals surface area contributed by atoms with Crippen LogP contribution in [0.2, 0.25) is 0 Å². The van der Waals surface area contributed by atoms with Crippen molar-refractivity contribution in [1.29, 1.82) is 10.5 Å². The SMILES string of the molecule is N#Cc1cccc(-n2c3ccc(C#N)cc3c3cc(-c4ccc(-n5c6ccccc6c6ccccc65)cc4)ccc32)c1. The zero-order valence-electron chi connectivity index (χ0n) is 22.5. The molecule has 0 aliphatic rings. The highest BCUT2D eigenvalue weighted by molar-refractivity contribution is 6.11. The van der Waals surface area contributed by atoms with Gasteiger partial charge in [-0.3, -0.25) is 0 Å². The number of hydrogen-bond donors (Lipinski definition) is 0. The maximum absolute atomic E-state index is 9.64. The van der Waals surface area contributed by atoms with Crippen molar-refractivity contribution in [2.24, 2.45) is 0 Å². The van der Waals surface area contributed by atoms with Gasteiger partial charge in [0.2, 0.25) is 0 Å². The van der Waals surface area contributed by atoms with E-state index in [0.717, 1.165) is 44.3 Å². The molecule has 6 aromatic carbocycles. The van der Waals surface area contributed by atoms with Gasteiger partial charge in [0.15, 0.2) is 0 Å². The van der Waals surface area contributed by atoms with Gasteiger partial charge in [0, 0.05) is 32.9 Å². The monoisotopic (exact) mass is 534 g/mol. The molecule has 42 heavy (non-hydrogen) atoms. The van der Waals surface area contributed by atoms with Crippen LogP contribution in [0.15, 0.2) is 133 Å². The molecule has 4 nitrogen and oxygen atoms in total. The minimum atomic E-state index is 0.608. The number of nitrogens with zero attached hydrogens (tertiary/aromatic N) is 4. The van der Waals surface area contributed by atoms with Crippen LogP contribution in [0.4, 0.5) is 0 Å². The third-order valence-electron chi connectivity index (χ3n) is 8.17. The molecule has 0 amide bonds. The van der Waals surface area contributed by atoms with Gasteiger partial charge in [-0.2, -0.15) is 10.5 Å². The van der Waals surface area contributed by atoms with E-state index in [-0.39, 0.29) is 0 Å². The molecule has 4 heteroatoms. The zero-order chi connectivity index (χ0) is 28.2. The Kier molecular flexibility index (Phi) is 5.22. The van der Waals surface area contributed by atoms with Gasteiger partial charge in [0.05, 0.1) is 45.3 Å².